The monoisotopic (exact) mass is 477 g/mol. The van der Waals surface area contributed by atoms with Gasteiger partial charge in [0, 0.05) is 31.6 Å². The molecule has 1 N–H and O–H groups in total. The average molecular weight is 478 g/mol. The highest BCUT2D eigenvalue weighted by Gasteiger charge is 2.32. The average Bonchev–Trinajstić information content (AvgIpc) is 3.39. The summed E-state index contributed by atoms with van der Waals surface area (Å²) in [4.78, 5) is 25.1. The summed E-state index contributed by atoms with van der Waals surface area (Å²) in [5.41, 5.74) is 1.06. The Kier molecular flexibility index (Phi) is 5.82. The largest absolute Gasteiger partial charge is 0.280 e. The quantitative estimate of drug-likeness (QED) is 0.637. The molecule has 0 radical (unpaired) electrons. The van der Waals surface area contributed by atoms with Gasteiger partial charge >= 0.3 is 0 Å². The minimum atomic E-state index is -3.97. The van der Waals surface area contributed by atoms with Crippen LogP contribution in [0, 0.1) is 6.92 Å². The molecule has 0 unspecified atom stereocenters. The number of rotatable bonds is 6. The fourth-order valence-electron chi connectivity index (χ4n) is 3.88. The number of nitrogens with one attached hydrogen (secondary N) is 1. The zero-order chi connectivity index (χ0) is 23.1. The lowest BCUT2D eigenvalue weighted by Gasteiger charge is -2.18. The second kappa shape index (κ2) is 8.30. The summed E-state index contributed by atoms with van der Waals surface area (Å²) in [6.45, 7) is 2.60. The standard InChI is InChI=1S/C21H23N3O6S2/c1-15-14-18(8-9-19(15)24-20(25)10-11-21(24)26)31(27,28)22-16-4-6-17(7-5-16)32(29,30)23-12-2-3-13-23/h4-9,14,22H,2-3,10-13H2,1H3. The number of benzene rings is 2. The van der Waals surface area contributed by atoms with E-state index in [-0.39, 0.29) is 40.1 Å². The summed E-state index contributed by atoms with van der Waals surface area (Å²) < 4.78 is 54.7. The Hall–Kier alpha value is -2.76. The molecule has 170 valence electrons. The van der Waals surface area contributed by atoms with Gasteiger partial charge in [-0.25, -0.2) is 16.8 Å². The fraction of sp³-hybridized carbons (Fsp3) is 0.333. The Balaban J connectivity index is 1.54. The topological polar surface area (TPSA) is 121 Å². The Morgan fingerprint density at radius 3 is 1.94 bits per heavy atom. The molecular weight excluding hydrogens is 454 g/mol. The van der Waals surface area contributed by atoms with Gasteiger partial charge in [-0.2, -0.15) is 4.31 Å². The predicted molar refractivity (Wildman–Crippen MR) is 118 cm³/mol. The van der Waals surface area contributed by atoms with Crippen molar-refractivity contribution in [2.24, 2.45) is 0 Å². The molecule has 0 aliphatic carbocycles. The predicted octanol–water partition coefficient (Wildman–Crippen LogP) is 2.23. The molecular formula is C21H23N3O6S2. The molecule has 0 bridgehead atoms. The molecule has 0 spiro atoms. The summed E-state index contributed by atoms with van der Waals surface area (Å²) in [7, 11) is -7.55. The molecule has 2 aromatic carbocycles. The van der Waals surface area contributed by atoms with Crippen molar-refractivity contribution in [2.45, 2.75) is 42.4 Å². The van der Waals surface area contributed by atoms with Gasteiger partial charge in [-0.3, -0.25) is 19.2 Å². The second-order valence-electron chi connectivity index (χ2n) is 7.81. The highest BCUT2D eigenvalue weighted by Crippen LogP contribution is 2.29. The number of imide groups is 1. The van der Waals surface area contributed by atoms with Crippen LogP contribution in [0.2, 0.25) is 0 Å². The van der Waals surface area contributed by atoms with Crippen molar-refractivity contribution in [1.29, 1.82) is 0 Å². The minimum Gasteiger partial charge on any atom is -0.280 e. The Morgan fingerprint density at radius 1 is 0.812 bits per heavy atom. The van der Waals surface area contributed by atoms with Gasteiger partial charge in [-0.1, -0.05) is 0 Å². The Bertz CT molecular complexity index is 1270. The summed E-state index contributed by atoms with van der Waals surface area (Å²) in [5.74, 6) is -0.619. The van der Waals surface area contributed by atoms with Crippen LogP contribution in [0.1, 0.15) is 31.2 Å². The maximum absolute atomic E-state index is 12.8. The van der Waals surface area contributed by atoms with E-state index in [0.29, 0.717) is 24.3 Å². The van der Waals surface area contributed by atoms with Crippen LogP contribution in [0.25, 0.3) is 0 Å². The molecule has 9 nitrogen and oxygen atoms in total. The van der Waals surface area contributed by atoms with Crippen LogP contribution < -0.4 is 9.62 Å². The maximum Gasteiger partial charge on any atom is 0.261 e. The minimum absolute atomic E-state index is 0.0355. The Morgan fingerprint density at radius 2 is 1.38 bits per heavy atom. The summed E-state index contributed by atoms with van der Waals surface area (Å²) in [5, 5.41) is 0. The van der Waals surface area contributed by atoms with Crippen LogP contribution in [0.3, 0.4) is 0 Å². The van der Waals surface area contributed by atoms with Crippen molar-refractivity contribution in [1.82, 2.24) is 4.31 Å². The van der Waals surface area contributed by atoms with Crippen molar-refractivity contribution in [3.05, 3.63) is 48.0 Å². The highest BCUT2D eigenvalue weighted by atomic mass is 32.2. The van der Waals surface area contributed by atoms with E-state index in [1.54, 1.807) is 6.92 Å². The number of hydrogen-bond acceptors (Lipinski definition) is 6. The molecule has 0 aromatic heterocycles. The van der Waals surface area contributed by atoms with E-state index in [9.17, 15) is 26.4 Å². The van der Waals surface area contributed by atoms with Crippen LogP contribution in [-0.4, -0.2) is 46.0 Å². The van der Waals surface area contributed by atoms with Gasteiger partial charge in [-0.05, 0) is 67.8 Å². The first-order valence-corrected chi connectivity index (χ1v) is 13.1. The summed E-state index contributed by atoms with van der Waals surface area (Å²) in [6.07, 6.45) is 1.94. The van der Waals surface area contributed by atoms with E-state index in [4.69, 9.17) is 0 Å². The molecule has 2 amide bonds. The van der Waals surface area contributed by atoms with E-state index in [0.717, 1.165) is 17.7 Å². The molecule has 2 aliphatic heterocycles. The van der Waals surface area contributed by atoms with E-state index < -0.39 is 20.0 Å². The third-order valence-electron chi connectivity index (χ3n) is 5.58. The zero-order valence-corrected chi connectivity index (χ0v) is 19.1. The fourth-order valence-corrected chi connectivity index (χ4v) is 6.54. The second-order valence-corrected chi connectivity index (χ2v) is 11.4. The van der Waals surface area contributed by atoms with E-state index in [1.165, 1.54) is 46.8 Å². The normalized spacial score (nSPS) is 17.8. The number of amides is 2. The number of hydrogen-bond donors (Lipinski definition) is 1. The van der Waals surface area contributed by atoms with E-state index in [2.05, 4.69) is 4.72 Å². The smallest absolute Gasteiger partial charge is 0.261 e. The highest BCUT2D eigenvalue weighted by molar-refractivity contribution is 7.92. The lowest BCUT2D eigenvalue weighted by molar-refractivity contribution is -0.121. The SMILES string of the molecule is Cc1cc(S(=O)(=O)Nc2ccc(S(=O)(=O)N3CCCC3)cc2)ccc1N1C(=O)CCC1=O. The molecule has 2 fully saturated rings. The van der Waals surface area contributed by atoms with Crippen molar-refractivity contribution >= 4 is 43.2 Å². The van der Waals surface area contributed by atoms with Crippen LogP contribution in [0.5, 0.6) is 0 Å². The summed E-state index contributed by atoms with van der Waals surface area (Å²) in [6, 6.07) is 9.73. The lowest BCUT2D eigenvalue weighted by atomic mass is 10.2. The molecule has 0 atom stereocenters. The van der Waals surface area contributed by atoms with Gasteiger partial charge in [0.1, 0.15) is 0 Å². The molecule has 2 saturated heterocycles. The van der Waals surface area contributed by atoms with Crippen LogP contribution in [0.15, 0.2) is 52.3 Å². The van der Waals surface area contributed by atoms with Gasteiger partial charge < -0.3 is 0 Å². The molecule has 32 heavy (non-hydrogen) atoms. The van der Waals surface area contributed by atoms with E-state index in [1.807, 2.05) is 0 Å². The van der Waals surface area contributed by atoms with Gasteiger partial charge in [0.15, 0.2) is 0 Å². The van der Waals surface area contributed by atoms with Crippen molar-refractivity contribution in [2.75, 3.05) is 22.7 Å². The summed E-state index contributed by atoms with van der Waals surface area (Å²) >= 11 is 0. The number of anilines is 2. The van der Waals surface area contributed by atoms with Gasteiger partial charge in [0.05, 0.1) is 15.5 Å². The third-order valence-corrected chi connectivity index (χ3v) is 8.87. The lowest BCUT2D eigenvalue weighted by Crippen LogP contribution is -2.29. The number of carbonyl (C=O) groups excluding carboxylic acids is 2. The molecule has 0 saturated carbocycles. The van der Waals surface area contributed by atoms with Gasteiger partial charge in [0.2, 0.25) is 21.8 Å². The van der Waals surface area contributed by atoms with Crippen molar-refractivity contribution in [3.63, 3.8) is 0 Å². The zero-order valence-electron chi connectivity index (χ0n) is 17.4. The van der Waals surface area contributed by atoms with Crippen molar-refractivity contribution in [3.8, 4) is 0 Å². The Labute approximate surface area is 187 Å². The molecule has 2 aromatic rings. The van der Waals surface area contributed by atoms with Crippen LogP contribution in [0.4, 0.5) is 11.4 Å². The van der Waals surface area contributed by atoms with Crippen LogP contribution >= 0.6 is 0 Å². The molecule has 2 heterocycles. The number of carbonyl (C=O) groups is 2. The molecule has 11 heteroatoms. The molecule has 4 rings (SSSR count). The first-order chi connectivity index (χ1) is 15.1. The van der Waals surface area contributed by atoms with Gasteiger partial charge in [0.25, 0.3) is 10.0 Å². The maximum atomic E-state index is 12.8. The number of sulfonamides is 2. The van der Waals surface area contributed by atoms with Gasteiger partial charge in [-0.15, -0.1) is 0 Å². The molecule has 2 aliphatic rings. The van der Waals surface area contributed by atoms with Crippen molar-refractivity contribution < 1.29 is 26.4 Å². The first-order valence-electron chi connectivity index (χ1n) is 10.2. The third kappa shape index (κ3) is 4.15. The number of nitrogens with zero attached hydrogens (tertiary/aromatic N) is 2. The first kappa shape index (κ1) is 22.4. The number of aryl methyl sites for hydroxylation is 1. The van der Waals surface area contributed by atoms with E-state index >= 15 is 0 Å². The van der Waals surface area contributed by atoms with Crippen LogP contribution in [-0.2, 0) is 29.6 Å².